The third kappa shape index (κ3) is 3.09. The number of aromatic nitrogens is 6. The van der Waals surface area contributed by atoms with Crippen LogP contribution >= 0.6 is 0 Å². The molecule has 132 valence electrons. The molecule has 0 spiro atoms. The third-order valence-corrected chi connectivity index (χ3v) is 4.90. The van der Waals surface area contributed by atoms with Gasteiger partial charge in [-0.05, 0) is 25.2 Å². The zero-order valence-electron chi connectivity index (χ0n) is 14.3. The lowest BCUT2D eigenvalue weighted by Gasteiger charge is -2.35. The molecule has 1 aliphatic rings. The van der Waals surface area contributed by atoms with Crippen LogP contribution in [0.15, 0.2) is 24.8 Å². The zero-order valence-corrected chi connectivity index (χ0v) is 14.3. The number of hydrogen-bond acceptors (Lipinski definition) is 6. The van der Waals surface area contributed by atoms with Gasteiger partial charge in [-0.25, -0.2) is 9.97 Å². The molecule has 8 heteroatoms. The van der Waals surface area contributed by atoms with Crippen LogP contribution in [0.25, 0.3) is 5.78 Å². The Kier molecular flexibility index (Phi) is 4.35. The summed E-state index contributed by atoms with van der Waals surface area (Å²) in [6.45, 7) is 3.89. The lowest BCUT2D eigenvalue weighted by atomic mass is 9.91. The van der Waals surface area contributed by atoms with Crippen molar-refractivity contribution in [1.82, 2.24) is 29.5 Å². The highest BCUT2D eigenvalue weighted by Gasteiger charge is 2.28. The smallest absolute Gasteiger partial charge is 0.254 e. The van der Waals surface area contributed by atoms with E-state index in [2.05, 4.69) is 42.9 Å². The van der Waals surface area contributed by atoms with E-state index in [0.717, 1.165) is 50.3 Å². The summed E-state index contributed by atoms with van der Waals surface area (Å²) < 4.78 is 1.81. The minimum absolute atomic E-state index is 0.214. The largest absolute Gasteiger partial charge is 0.385 e. The standard InChI is InChI=1S/C17H23N7O/c1-2-3-13-10-14(24-17(22-13)20-11-21-24)23-8-4-12(5-9-23)15(25)16-18-6-7-19-16/h6-7,10-12,15,25H,2-5,8-9H2,1H3,(H,18,19). The molecule has 1 unspecified atom stereocenters. The zero-order chi connectivity index (χ0) is 17.2. The van der Waals surface area contributed by atoms with E-state index in [0.29, 0.717) is 11.6 Å². The highest BCUT2D eigenvalue weighted by molar-refractivity contribution is 5.47. The molecule has 2 N–H and O–H groups in total. The lowest BCUT2D eigenvalue weighted by molar-refractivity contribution is 0.0855. The molecule has 0 aromatic carbocycles. The van der Waals surface area contributed by atoms with E-state index in [4.69, 9.17) is 0 Å². The van der Waals surface area contributed by atoms with E-state index in [-0.39, 0.29) is 5.92 Å². The van der Waals surface area contributed by atoms with Gasteiger partial charge in [0.1, 0.15) is 24.1 Å². The number of nitrogens with zero attached hydrogens (tertiary/aromatic N) is 6. The van der Waals surface area contributed by atoms with Crippen LogP contribution in [0.2, 0.25) is 0 Å². The molecule has 4 rings (SSSR count). The summed E-state index contributed by atoms with van der Waals surface area (Å²) in [6, 6.07) is 2.12. The van der Waals surface area contributed by atoms with Crippen LogP contribution in [0, 0.1) is 5.92 Å². The Morgan fingerprint density at radius 2 is 2.16 bits per heavy atom. The number of piperidine rings is 1. The van der Waals surface area contributed by atoms with Crippen molar-refractivity contribution >= 4 is 11.6 Å². The van der Waals surface area contributed by atoms with Crippen molar-refractivity contribution in [2.75, 3.05) is 18.0 Å². The molecule has 1 aliphatic heterocycles. The highest BCUT2D eigenvalue weighted by Crippen LogP contribution is 2.31. The summed E-state index contributed by atoms with van der Waals surface area (Å²) in [7, 11) is 0. The summed E-state index contributed by atoms with van der Waals surface area (Å²) in [5.74, 6) is 2.56. The van der Waals surface area contributed by atoms with Gasteiger partial charge in [0, 0.05) is 37.2 Å². The summed E-state index contributed by atoms with van der Waals surface area (Å²) >= 11 is 0. The number of aliphatic hydroxyl groups excluding tert-OH is 1. The number of imidazole rings is 1. The van der Waals surface area contributed by atoms with Crippen LogP contribution < -0.4 is 4.90 Å². The second-order valence-corrected chi connectivity index (χ2v) is 6.57. The van der Waals surface area contributed by atoms with E-state index in [1.165, 1.54) is 0 Å². The first-order valence-electron chi connectivity index (χ1n) is 8.88. The van der Waals surface area contributed by atoms with Gasteiger partial charge in [0.05, 0.1) is 0 Å². The summed E-state index contributed by atoms with van der Waals surface area (Å²) in [6.07, 6.45) is 8.25. The first-order valence-corrected chi connectivity index (χ1v) is 8.88. The Labute approximate surface area is 145 Å². The maximum absolute atomic E-state index is 10.5. The van der Waals surface area contributed by atoms with Crippen molar-refractivity contribution in [3.8, 4) is 0 Å². The quantitative estimate of drug-likeness (QED) is 0.734. The van der Waals surface area contributed by atoms with Gasteiger partial charge in [0.15, 0.2) is 0 Å². The number of aliphatic hydroxyl groups is 1. The topological polar surface area (TPSA) is 95.2 Å². The van der Waals surface area contributed by atoms with Crippen molar-refractivity contribution < 1.29 is 5.11 Å². The number of aryl methyl sites for hydroxylation is 1. The number of aromatic amines is 1. The second kappa shape index (κ2) is 6.79. The fourth-order valence-corrected chi connectivity index (χ4v) is 3.56. The molecule has 0 aliphatic carbocycles. The molecule has 0 saturated carbocycles. The van der Waals surface area contributed by atoms with Gasteiger partial charge in [-0.3, -0.25) is 0 Å². The highest BCUT2D eigenvalue weighted by atomic mass is 16.3. The van der Waals surface area contributed by atoms with Gasteiger partial charge in [-0.2, -0.15) is 14.6 Å². The minimum Gasteiger partial charge on any atom is -0.385 e. The first-order chi connectivity index (χ1) is 12.3. The number of nitrogens with one attached hydrogen (secondary N) is 1. The molecular formula is C17H23N7O. The van der Waals surface area contributed by atoms with E-state index in [1.54, 1.807) is 18.7 Å². The summed E-state index contributed by atoms with van der Waals surface area (Å²) in [5, 5.41) is 14.8. The number of H-pyrrole nitrogens is 1. The predicted molar refractivity (Wildman–Crippen MR) is 93.3 cm³/mol. The molecule has 0 radical (unpaired) electrons. The Hall–Kier alpha value is -2.48. The van der Waals surface area contributed by atoms with Gasteiger partial charge >= 0.3 is 0 Å². The normalized spacial score (nSPS) is 17.3. The van der Waals surface area contributed by atoms with Gasteiger partial charge in [-0.15, -0.1) is 0 Å². The molecule has 1 saturated heterocycles. The van der Waals surface area contributed by atoms with Crippen LogP contribution in [0.1, 0.15) is 43.8 Å². The van der Waals surface area contributed by atoms with Gasteiger partial charge < -0.3 is 15.0 Å². The SMILES string of the molecule is CCCc1cc(N2CCC(C(O)c3ncc[nH]3)CC2)n2ncnc2n1. The van der Waals surface area contributed by atoms with Crippen molar-refractivity contribution in [2.24, 2.45) is 5.92 Å². The third-order valence-electron chi connectivity index (χ3n) is 4.90. The van der Waals surface area contributed by atoms with E-state index < -0.39 is 6.10 Å². The molecule has 1 atom stereocenters. The van der Waals surface area contributed by atoms with Crippen molar-refractivity contribution in [3.05, 3.63) is 36.3 Å². The average molecular weight is 341 g/mol. The Balaban J connectivity index is 1.52. The number of rotatable bonds is 5. The van der Waals surface area contributed by atoms with Crippen molar-refractivity contribution in [2.45, 2.75) is 38.7 Å². The predicted octanol–water partition coefficient (Wildman–Crippen LogP) is 1.75. The number of fused-ring (bicyclic) bond motifs is 1. The lowest BCUT2D eigenvalue weighted by Crippen LogP contribution is -2.37. The van der Waals surface area contributed by atoms with Crippen LogP contribution in [0.3, 0.4) is 0 Å². The molecule has 0 amide bonds. The fraction of sp³-hybridized carbons (Fsp3) is 0.529. The second-order valence-electron chi connectivity index (χ2n) is 6.57. The molecule has 25 heavy (non-hydrogen) atoms. The van der Waals surface area contributed by atoms with Crippen molar-refractivity contribution in [3.63, 3.8) is 0 Å². The van der Waals surface area contributed by atoms with Crippen LogP contribution in [-0.2, 0) is 6.42 Å². The van der Waals surface area contributed by atoms with Gasteiger partial charge in [0.2, 0.25) is 0 Å². The first kappa shape index (κ1) is 16.0. The monoisotopic (exact) mass is 341 g/mol. The number of hydrogen-bond donors (Lipinski definition) is 2. The van der Waals surface area contributed by atoms with E-state index in [9.17, 15) is 5.11 Å². The molecule has 0 bridgehead atoms. The molecule has 4 heterocycles. The maximum Gasteiger partial charge on any atom is 0.254 e. The number of anilines is 1. The minimum atomic E-state index is -0.531. The molecule has 8 nitrogen and oxygen atoms in total. The van der Waals surface area contributed by atoms with Crippen LogP contribution in [-0.4, -0.2) is 47.7 Å². The Bertz CT molecular complexity index is 821. The summed E-state index contributed by atoms with van der Waals surface area (Å²) in [5.41, 5.74) is 1.05. The Morgan fingerprint density at radius 1 is 1.32 bits per heavy atom. The van der Waals surface area contributed by atoms with Crippen LogP contribution in [0.5, 0.6) is 0 Å². The average Bonchev–Trinajstić information content (AvgIpc) is 3.32. The van der Waals surface area contributed by atoms with Gasteiger partial charge in [-0.1, -0.05) is 13.3 Å². The van der Waals surface area contributed by atoms with Crippen LogP contribution in [0.4, 0.5) is 5.82 Å². The molecule has 3 aromatic rings. The molecule has 1 fully saturated rings. The van der Waals surface area contributed by atoms with E-state index >= 15 is 0 Å². The molecular weight excluding hydrogens is 318 g/mol. The summed E-state index contributed by atoms with van der Waals surface area (Å²) in [4.78, 5) is 18.3. The fourth-order valence-electron chi connectivity index (χ4n) is 3.56. The van der Waals surface area contributed by atoms with E-state index in [1.807, 2.05) is 4.52 Å². The molecule has 3 aromatic heterocycles. The van der Waals surface area contributed by atoms with Crippen molar-refractivity contribution in [1.29, 1.82) is 0 Å². The Morgan fingerprint density at radius 3 is 2.88 bits per heavy atom. The maximum atomic E-state index is 10.5. The van der Waals surface area contributed by atoms with Gasteiger partial charge in [0.25, 0.3) is 5.78 Å².